The number of primary amides is 1. The zero-order valence-corrected chi connectivity index (χ0v) is 19.6. The molecule has 7 nitrogen and oxygen atoms in total. The van der Waals surface area contributed by atoms with Gasteiger partial charge in [-0.3, -0.25) is 9.48 Å². The minimum Gasteiger partial charge on any atom is -0.496 e. The molecule has 1 unspecified atom stereocenters. The van der Waals surface area contributed by atoms with E-state index in [1.165, 1.54) is 18.2 Å². The van der Waals surface area contributed by atoms with E-state index in [2.05, 4.69) is 17.0 Å². The van der Waals surface area contributed by atoms with Crippen molar-refractivity contribution in [2.45, 2.75) is 37.6 Å². The maximum atomic E-state index is 14.1. The molecule has 1 fully saturated rings. The van der Waals surface area contributed by atoms with E-state index in [0.29, 0.717) is 27.8 Å². The van der Waals surface area contributed by atoms with Crippen LogP contribution in [-0.4, -0.2) is 59.5 Å². The number of alkyl halides is 2. The van der Waals surface area contributed by atoms with Gasteiger partial charge in [0.25, 0.3) is 11.8 Å². The third-order valence-corrected chi connectivity index (χ3v) is 6.75. The van der Waals surface area contributed by atoms with Crippen LogP contribution in [0.25, 0.3) is 10.9 Å². The highest BCUT2D eigenvalue weighted by Gasteiger charge is 2.32. The Labute approximate surface area is 197 Å². The number of likely N-dealkylation sites (N-methyl/N-ethyl adjacent to an activating group) is 1. The Hall–Kier alpha value is -3.04. The monoisotopic (exact) mass is 472 g/mol. The van der Waals surface area contributed by atoms with Gasteiger partial charge in [0, 0.05) is 23.6 Å². The van der Waals surface area contributed by atoms with Crippen LogP contribution in [0.3, 0.4) is 0 Å². The van der Waals surface area contributed by atoms with Gasteiger partial charge in [0.05, 0.1) is 35.8 Å². The maximum absolute atomic E-state index is 14.1. The van der Waals surface area contributed by atoms with Crippen molar-refractivity contribution in [3.63, 3.8) is 0 Å². The Bertz CT molecular complexity index is 1210. The van der Waals surface area contributed by atoms with E-state index >= 15 is 0 Å². The van der Waals surface area contributed by atoms with Gasteiger partial charge in [0.1, 0.15) is 12.4 Å². The van der Waals surface area contributed by atoms with E-state index in [-0.39, 0.29) is 11.5 Å². The first kappa shape index (κ1) is 24.1. The number of ether oxygens (including phenoxy) is 1. The molecule has 1 aliphatic heterocycles. The molecular formula is C25H30F2N4O3. The largest absolute Gasteiger partial charge is 0.496 e. The number of hydrogen-bond acceptors (Lipinski definition) is 5. The SMILES string of the molecule is COc1c(C2CCCN(C)C2)cc(C(N)=O)c2c1cnn2[C@H](C)c1cccc(C(F)(F)CO)c1. The summed E-state index contributed by atoms with van der Waals surface area (Å²) in [6.45, 7) is 2.39. The normalized spacial score (nSPS) is 18.2. The molecule has 182 valence electrons. The summed E-state index contributed by atoms with van der Waals surface area (Å²) in [5.41, 5.74) is 7.83. The summed E-state index contributed by atoms with van der Waals surface area (Å²) in [6, 6.07) is 7.17. The number of aliphatic hydroxyl groups is 1. The van der Waals surface area contributed by atoms with E-state index in [1.807, 2.05) is 6.92 Å². The molecular weight excluding hydrogens is 442 g/mol. The summed E-state index contributed by atoms with van der Waals surface area (Å²) < 4.78 is 35.6. The van der Waals surface area contributed by atoms with Crippen LogP contribution in [0.4, 0.5) is 8.78 Å². The standard InChI is InChI=1S/C25H30F2N4O3/c1-15(16-6-4-8-18(10-16)25(26,27)14-32)31-22-20(24(28)33)11-19(17-7-5-9-30(2)13-17)23(34-3)21(22)12-29-31/h4,6,8,10-12,15,17,32H,5,7,9,13-14H2,1-3H3,(H2,28,33)/t15-,17?/m1/s1. The van der Waals surface area contributed by atoms with Crippen molar-refractivity contribution in [2.24, 2.45) is 5.73 Å². The third-order valence-electron chi connectivity index (χ3n) is 6.75. The summed E-state index contributed by atoms with van der Waals surface area (Å²) in [4.78, 5) is 14.8. The van der Waals surface area contributed by atoms with Crippen molar-refractivity contribution < 1.29 is 23.4 Å². The van der Waals surface area contributed by atoms with Crippen molar-refractivity contribution >= 4 is 16.8 Å². The fourth-order valence-electron chi connectivity index (χ4n) is 4.93. The Kier molecular flexibility index (Phi) is 6.60. The second kappa shape index (κ2) is 9.31. The van der Waals surface area contributed by atoms with Gasteiger partial charge in [0.15, 0.2) is 0 Å². The number of nitrogens with zero attached hydrogens (tertiary/aromatic N) is 3. The first-order valence-corrected chi connectivity index (χ1v) is 11.3. The molecule has 1 saturated heterocycles. The van der Waals surface area contributed by atoms with E-state index in [4.69, 9.17) is 15.6 Å². The number of hydrogen-bond donors (Lipinski definition) is 2. The second-order valence-corrected chi connectivity index (χ2v) is 9.03. The number of benzene rings is 2. The van der Waals surface area contributed by atoms with Gasteiger partial charge in [-0.25, -0.2) is 0 Å². The lowest BCUT2D eigenvalue weighted by atomic mass is 9.88. The number of rotatable bonds is 7. The Morgan fingerprint density at radius 2 is 2.15 bits per heavy atom. The van der Waals surface area contributed by atoms with Crippen molar-refractivity contribution in [1.82, 2.24) is 14.7 Å². The van der Waals surface area contributed by atoms with Crippen LogP contribution in [0.15, 0.2) is 36.5 Å². The Morgan fingerprint density at radius 3 is 2.79 bits per heavy atom. The number of nitrogens with two attached hydrogens (primary N) is 1. The number of fused-ring (bicyclic) bond motifs is 1. The van der Waals surface area contributed by atoms with Crippen LogP contribution in [-0.2, 0) is 5.92 Å². The summed E-state index contributed by atoms with van der Waals surface area (Å²) in [6.07, 6.45) is 3.65. The van der Waals surface area contributed by atoms with E-state index < -0.39 is 24.5 Å². The molecule has 0 bridgehead atoms. The molecule has 9 heteroatoms. The minimum absolute atomic E-state index is 0.189. The highest BCUT2D eigenvalue weighted by Crippen LogP contribution is 2.41. The van der Waals surface area contributed by atoms with Crippen LogP contribution < -0.4 is 10.5 Å². The van der Waals surface area contributed by atoms with Gasteiger partial charge in [0.2, 0.25) is 0 Å². The number of carbonyl (C=O) groups excluding carboxylic acids is 1. The zero-order valence-electron chi connectivity index (χ0n) is 19.6. The maximum Gasteiger partial charge on any atom is 0.295 e. The van der Waals surface area contributed by atoms with Crippen molar-refractivity contribution in [3.8, 4) is 5.75 Å². The molecule has 34 heavy (non-hydrogen) atoms. The summed E-state index contributed by atoms with van der Waals surface area (Å²) in [5, 5.41) is 14.2. The number of carbonyl (C=O) groups is 1. The highest BCUT2D eigenvalue weighted by atomic mass is 19.3. The predicted molar refractivity (Wildman–Crippen MR) is 126 cm³/mol. The number of methoxy groups -OCH3 is 1. The first-order chi connectivity index (χ1) is 16.2. The number of halogens is 2. The molecule has 3 aromatic rings. The number of aromatic nitrogens is 2. The van der Waals surface area contributed by atoms with Crippen LogP contribution in [0.1, 0.15) is 58.8 Å². The van der Waals surface area contributed by atoms with Gasteiger partial charge in [-0.2, -0.15) is 13.9 Å². The molecule has 1 aliphatic rings. The molecule has 0 spiro atoms. The Morgan fingerprint density at radius 1 is 1.38 bits per heavy atom. The molecule has 0 saturated carbocycles. The molecule has 2 atom stereocenters. The quantitative estimate of drug-likeness (QED) is 0.548. The smallest absolute Gasteiger partial charge is 0.295 e. The lowest BCUT2D eigenvalue weighted by Crippen LogP contribution is -2.31. The van der Waals surface area contributed by atoms with Crippen LogP contribution >= 0.6 is 0 Å². The van der Waals surface area contributed by atoms with Gasteiger partial charge in [-0.05, 0) is 51.1 Å². The number of likely N-dealkylation sites (tertiary alicyclic amines) is 1. The highest BCUT2D eigenvalue weighted by molar-refractivity contribution is 6.07. The van der Waals surface area contributed by atoms with Crippen LogP contribution in [0.2, 0.25) is 0 Å². The van der Waals surface area contributed by atoms with Gasteiger partial charge < -0.3 is 20.5 Å². The molecule has 0 radical (unpaired) electrons. The van der Waals surface area contributed by atoms with E-state index in [9.17, 15) is 13.6 Å². The number of aliphatic hydroxyl groups excluding tert-OH is 1. The third kappa shape index (κ3) is 4.25. The van der Waals surface area contributed by atoms with Crippen molar-refractivity contribution in [2.75, 3.05) is 33.9 Å². The fourth-order valence-corrected chi connectivity index (χ4v) is 4.93. The molecule has 1 aromatic heterocycles. The first-order valence-electron chi connectivity index (χ1n) is 11.3. The zero-order chi connectivity index (χ0) is 24.6. The molecule has 0 aliphatic carbocycles. The average Bonchev–Trinajstić information content (AvgIpc) is 3.27. The minimum atomic E-state index is -3.36. The topological polar surface area (TPSA) is 93.6 Å². The predicted octanol–water partition coefficient (Wildman–Crippen LogP) is 3.65. The van der Waals surface area contributed by atoms with Crippen LogP contribution in [0.5, 0.6) is 5.75 Å². The van der Waals surface area contributed by atoms with Crippen molar-refractivity contribution in [1.29, 1.82) is 0 Å². The summed E-state index contributed by atoms with van der Waals surface area (Å²) in [7, 11) is 3.66. The van der Waals surface area contributed by atoms with E-state index in [0.717, 1.165) is 31.5 Å². The summed E-state index contributed by atoms with van der Waals surface area (Å²) in [5.74, 6) is -3.10. The van der Waals surface area contributed by atoms with Gasteiger partial charge in [-0.15, -0.1) is 0 Å². The van der Waals surface area contributed by atoms with Crippen molar-refractivity contribution in [3.05, 3.63) is 58.8 Å². The van der Waals surface area contributed by atoms with E-state index in [1.54, 1.807) is 30.1 Å². The fraction of sp³-hybridized carbons (Fsp3) is 0.440. The number of amides is 1. The van der Waals surface area contributed by atoms with Crippen LogP contribution in [0, 0.1) is 0 Å². The lowest BCUT2D eigenvalue weighted by molar-refractivity contribution is -0.0556. The molecule has 1 amide bonds. The molecule has 2 aromatic carbocycles. The second-order valence-electron chi connectivity index (χ2n) is 9.03. The number of piperidine rings is 1. The molecule has 2 heterocycles. The summed E-state index contributed by atoms with van der Waals surface area (Å²) >= 11 is 0. The molecule has 3 N–H and O–H groups in total. The Balaban J connectivity index is 1.86. The average molecular weight is 473 g/mol. The van der Waals surface area contributed by atoms with Gasteiger partial charge in [-0.1, -0.05) is 18.2 Å². The van der Waals surface area contributed by atoms with Gasteiger partial charge >= 0.3 is 0 Å². The lowest BCUT2D eigenvalue weighted by Gasteiger charge is -2.31. The molecule has 4 rings (SSSR count).